The van der Waals surface area contributed by atoms with Crippen molar-refractivity contribution in [3.63, 3.8) is 0 Å². The Kier molecular flexibility index (Phi) is 3.65. The van der Waals surface area contributed by atoms with Gasteiger partial charge in [-0.15, -0.1) is 0 Å². The predicted octanol–water partition coefficient (Wildman–Crippen LogP) is 1.30. The molecular formula is C9H9F3N2O. The van der Waals surface area contributed by atoms with Gasteiger partial charge in [0.1, 0.15) is 6.54 Å². The summed E-state index contributed by atoms with van der Waals surface area (Å²) < 4.78 is 35.2. The van der Waals surface area contributed by atoms with Crippen LogP contribution in [0.3, 0.4) is 0 Å². The van der Waals surface area contributed by atoms with Gasteiger partial charge in [-0.25, -0.2) is 0 Å². The average molecular weight is 218 g/mol. The molecule has 0 spiro atoms. The minimum atomic E-state index is -4.38. The third-order valence-electron chi connectivity index (χ3n) is 1.55. The van der Waals surface area contributed by atoms with Gasteiger partial charge in [0, 0.05) is 11.9 Å². The molecule has 82 valence electrons. The van der Waals surface area contributed by atoms with Gasteiger partial charge in [-0.1, -0.05) is 6.07 Å². The molecule has 0 saturated heterocycles. The van der Waals surface area contributed by atoms with Crippen molar-refractivity contribution >= 4 is 5.91 Å². The molecule has 0 radical (unpaired) electrons. The molecule has 1 N–H and O–H groups in total. The average Bonchev–Trinajstić information content (AvgIpc) is 2.15. The van der Waals surface area contributed by atoms with E-state index in [-0.39, 0.29) is 6.42 Å². The number of nitrogens with zero attached hydrogens (tertiary/aromatic N) is 1. The fourth-order valence-corrected chi connectivity index (χ4v) is 0.929. The second kappa shape index (κ2) is 4.77. The molecule has 1 amide bonds. The normalized spacial score (nSPS) is 11.1. The lowest BCUT2D eigenvalue weighted by Gasteiger charge is -2.07. The monoisotopic (exact) mass is 218 g/mol. The van der Waals surface area contributed by atoms with Crippen LogP contribution in [0.25, 0.3) is 0 Å². The number of carbonyl (C=O) groups is 1. The maximum atomic E-state index is 11.7. The minimum absolute atomic E-state index is 0.142. The Balaban J connectivity index is 2.38. The molecule has 0 aliphatic heterocycles. The highest BCUT2D eigenvalue weighted by molar-refractivity contribution is 5.78. The van der Waals surface area contributed by atoms with Gasteiger partial charge in [-0.2, -0.15) is 13.2 Å². The Morgan fingerprint density at radius 3 is 2.67 bits per heavy atom. The van der Waals surface area contributed by atoms with Gasteiger partial charge in [0.25, 0.3) is 0 Å². The Hall–Kier alpha value is -1.59. The number of aromatic nitrogens is 1. The topological polar surface area (TPSA) is 42.0 Å². The predicted molar refractivity (Wildman–Crippen MR) is 47.0 cm³/mol. The molecular weight excluding hydrogens is 209 g/mol. The number of nitrogens with one attached hydrogen (secondary N) is 1. The number of alkyl halides is 3. The van der Waals surface area contributed by atoms with Gasteiger partial charge in [-0.3, -0.25) is 9.78 Å². The van der Waals surface area contributed by atoms with E-state index in [0.717, 1.165) is 0 Å². The zero-order valence-electron chi connectivity index (χ0n) is 7.71. The minimum Gasteiger partial charge on any atom is -0.347 e. The number of amides is 1. The van der Waals surface area contributed by atoms with E-state index >= 15 is 0 Å². The van der Waals surface area contributed by atoms with E-state index in [4.69, 9.17) is 0 Å². The molecule has 0 aliphatic rings. The van der Waals surface area contributed by atoms with E-state index in [0.29, 0.717) is 5.69 Å². The summed E-state index contributed by atoms with van der Waals surface area (Å²) in [5.74, 6) is -0.689. The van der Waals surface area contributed by atoms with Crippen molar-refractivity contribution in [3.05, 3.63) is 30.1 Å². The Labute approximate surface area is 84.3 Å². The van der Waals surface area contributed by atoms with E-state index in [1.165, 1.54) is 6.20 Å². The van der Waals surface area contributed by atoms with Crippen molar-refractivity contribution in [1.29, 1.82) is 0 Å². The summed E-state index contributed by atoms with van der Waals surface area (Å²) in [6, 6.07) is 4.91. The molecule has 1 aromatic rings. The lowest BCUT2D eigenvalue weighted by Crippen LogP contribution is -2.34. The largest absolute Gasteiger partial charge is 0.405 e. The van der Waals surface area contributed by atoms with Gasteiger partial charge in [0.15, 0.2) is 0 Å². The molecule has 0 atom stereocenters. The van der Waals surface area contributed by atoms with Crippen LogP contribution in [0.2, 0.25) is 0 Å². The molecule has 15 heavy (non-hydrogen) atoms. The highest BCUT2D eigenvalue weighted by Crippen LogP contribution is 2.12. The van der Waals surface area contributed by atoms with Crippen molar-refractivity contribution < 1.29 is 18.0 Å². The first-order chi connectivity index (χ1) is 6.97. The third kappa shape index (κ3) is 4.99. The van der Waals surface area contributed by atoms with Crippen LogP contribution < -0.4 is 5.32 Å². The number of hydrogen-bond donors (Lipinski definition) is 1. The summed E-state index contributed by atoms with van der Waals surface area (Å²) in [5, 5.41) is 1.77. The first kappa shape index (κ1) is 11.5. The van der Waals surface area contributed by atoms with Crippen molar-refractivity contribution in [2.45, 2.75) is 12.6 Å². The van der Waals surface area contributed by atoms with Gasteiger partial charge < -0.3 is 5.32 Å². The van der Waals surface area contributed by atoms with E-state index in [9.17, 15) is 18.0 Å². The van der Waals surface area contributed by atoms with Crippen LogP contribution in [0, 0.1) is 0 Å². The summed E-state index contributed by atoms with van der Waals surface area (Å²) in [5.41, 5.74) is 0.442. The van der Waals surface area contributed by atoms with Crippen molar-refractivity contribution in [3.8, 4) is 0 Å². The van der Waals surface area contributed by atoms with Crippen molar-refractivity contribution in [1.82, 2.24) is 10.3 Å². The lowest BCUT2D eigenvalue weighted by molar-refractivity contribution is -0.138. The second-order valence-electron chi connectivity index (χ2n) is 2.89. The van der Waals surface area contributed by atoms with E-state index in [1.807, 2.05) is 0 Å². The van der Waals surface area contributed by atoms with Crippen LogP contribution in [-0.4, -0.2) is 23.6 Å². The number of carbonyl (C=O) groups excluding carboxylic acids is 1. The number of halogens is 3. The first-order valence-electron chi connectivity index (χ1n) is 4.21. The molecule has 1 aromatic heterocycles. The number of rotatable bonds is 3. The zero-order valence-corrected chi connectivity index (χ0v) is 7.71. The summed E-state index contributed by atoms with van der Waals surface area (Å²) in [6.07, 6.45) is -3.04. The standard InChI is InChI=1S/C9H9F3N2O/c10-9(11,12)6-14-8(15)5-7-3-1-2-4-13-7/h1-4H,5-6H2,(H,14,15). The highest BCUT2D eigenvalue weighted by atomic mass is 19.4. The number of pyridine rings is 1. The number of hydrogen-bond acceptors (Lipinski definition) is 2. The third-order valence-corrected chi connectivity index (χ3v) is 1.55. The molecule has 0 fully saturated rings. The van der Waals surface area contributed by atoms with E-state index < -0.39 is 18.6 Å². The van der Waals surface area contributed by atoms with E-state index in [1.54, 1.807) is 23.5 Å². The Bertz CT molecular complexity index is 324. The first-order valence-corrected chi connectivity index (χ1v) is 4.21. The molecule has 0 aliphatic carbocycles. The molecule has 1 heterocycles. The van der Waals surface area contributed by atoms with Crippen LogP contribution in [0.5, 0.6) is 0 Å². The van der Waals surface area contributed by atoms with Crippen LogP contribution in [0.1, 0.15) is 5.69 Å². The molecule has 3 nitrogen and oxygen atoms in total. The van der Waals surface area contributed by atoms with Crippen LogP contribution in [0.15, 0.2) is 24.4 Å². The quantitative estimate of drug-likeness (QED) is 0.830. The Morgan fingerprint density at radius 2 is 2.13 bits per heavy atom. The molecule has 0 saturated carbocycles. The summed E-state index contributed by atoms with van der Waals surface area (Å²) in [6.45, 7) is -1.31. The van der Waals surface area contributed by atoms with Crippen LogP contribution >= 0.6 is 0 Å². The van der Waals surface area contributed by atoms with Gasteiger partial charge >= 0.3 is 6.18 Å². The molecule has 1 rings (SSSR count). The summed E-state index contributed by atoms with van der Waals surface area (Å²) in [4.78, 5) is 14.8. The smallest absolute Gasteiger partial charge is 0.347 e. The second-order valence-corrected chi connectivity index (χ2v) is 2.89. The molecule has 0 unspecified atom stereocenters. The summed E-state index contributed by atoms with van der Waals surface area (Å²) >= 11 is 0. The lowest BCUT2D eigenvalue weighted by atomic mass is 10.2. The molecule has 6 heteroatoms. The van der Waals surface area contributed by atoms with Crippen LogP contribution in [-0.2, 0) is 11.2 Å². The van der Waals surface area contributed by atoms with Crippen LogP contribution in [0.4, 0.5) is 13.2 Å². The molecule has 0 aromatic carbocycles. The zero-order chi connectivity index (χ0) is 11.3. The van der Waals surface area contributed by atoms with Gasteiger partial charge in [-0.05, 0) is 12.1 Å². The van der Waals surface area contributed by atoms with Crippen molar-refractivity contribution in [2.24, 2.45) is 0 Å². The fraction of sp³-hybridized carbons (Fsp3) is 0.333. The fourth-order valence-electron chi connectivity index (χ4n) is 0.929. The van der Waals surface area contributed by atoms with Gasteiger partial charge in [0.2, 0.25) is 5.91 Å². The van der Waals surface area contributed by atoms with Gasteiger partial charge in [0.05, 0.1) is 6.42 Å². The Morgan fingerprint density at radius 1 is 1.40 bits per heavy atom. The van der Waals surface area contributed by atoms with Crippen molar-refractivity contribution in [2.75, 3.05) is 6.54 Å². The maximum Gasteiger partial charge on any atom is 0.405 e. The SMILES string of the molecule is O=C(Cc1ccccn1)NCC(F)(F)F. The highest BCUT2D eigenvalue weighted by Gasteiger charge is 2.27. The van der Waals surface area contributed by atoms with E-state index in [2.05, 4.69) is 4.98 Å². The molecule has 0 bridgehead atoms. The maximum absolute atomic E-state index is 11.7. The summed E-state index contributed by atoms with van der Waals surface area (Å²) in [7, 11) is 0.